The highest BCUT2D eigenvalue weighted by Gasteiger charge is 2.07. The normalized spacial score (nSPS) is 14.3. The Morgan fingerprint density at radius 1 is 1.33 bits per heavy atom. The van der Waals surface area contributed by atoms with Crippen molar-refractivity contribution < 1.29 is 0 Å². The van der Waals surface area contributed by atoms with Gasteiger partial charge >= 0.3 is 0 Å². The molecule has 80 valence electrons. The molecule has 3 heteroatoms. The lowest BCUT2D eigenvalue weighted by Crippen LogP contribution is -2.34. The van der Waals surface area contributed by atoms with E-state index in [4.69, 9.17) is 11.0 Å². The van der Waals surface area contributed by atoms with Crippen LogP contribution in [0.2, 0.25) is 0 Å². The van der Waals surface area contributed by atoms with Gasteiger partial charge in [-0.1, -0.05) is 12.1 Å². The highest BCUT2D eigenvalue weighted by Crippen LogP contribution is 2.13. The number of nitriles is 1. The predicted molar refractivity (Wildman–Crippen MR) is 61.2 cm³/mol. The van der Waals surface area contributed by atoms with Gasteiger partial charge in [0.15, 0.2) is 0 Å². The summed E-state index contributed by atoms with van der Waals surface area (Å²) in [6.07, 6.45) is 0. The number of nitrogens with one attached hydrogen (secondary N) is 1. The van der Waals surface area contributed by atoms with Crippen molar-refractivity contribution in [3.05, 3.63) is 35.4 Å². The van der Waals surface area contributed by atoms with Gasteiger partial charge in [0.2, 0.25) is 0 Å². The molecule has 0 aromatic heterocycles. The third-order valence-electron chi connectivity index (χ3n) is 2.43. The Labute approximate surface area is 90.9 Å². The van der Waals surface area contributed by atoms with E-state index in [1.54, 1.807) is 0 Å². The fraction of sp³-hybridized carbons (Fsp3) is 0.417. The molecule has 0 fully saturated rings. The minimum absolute atomic E-state index is 0.260. The molecule has 0 aliphatic heterocycles. The maximum Gasteiger partial charge on any atom is 0.0991 e. The molecule has 2 unspecified atom stereocenters. The van der Waals surface area contributed by atoms with Crippen molar-refractivity contribution in [3.8, 4) is 6.07 Å². The number of rotatable bonds is 4. The van der Waals surface area contributed by atoms with Crippen molar-refractivity contribution in [1.82, 2.24) is 5.32 Å². The van der Waals surface area contributed by atoms with E-state index >= 15 is 0 Å². The fourth-order valence-corrected chi connectivity index (χ4v) is 1.44. The van der Waals surface area contributed by atoms with Gasteiger partial charge in [0.1, 0.15) is 0 Å². The molecule has 2 atom stereocenters. The largest absolute Gasteiger partial charge is 0.329 e. The summed E-state index contributed by atoms with van der Waals surface area (Å²) in [4.78, 5) is 0. The van der Waals surface area contributed by atoms with Crippen LogP contribution in [0.15, 0.2) is 24.3 Å². The fourth-order valence-electron chi connectivity index (χ4n) is 1.44. The molecule has 0 heterocycles. The first-order chi connectivity index (χ1) is 7.17. The first-order valence-electron chi connectivity index (χ1n) is 5.13. The molecule has 0 amide bonds. The first kappa shape index (κ1) is 11.7. The van der Waals surface area contributed by atoms with Gasteiger partial charge in [0, 0.05) is 18.6 Å². The number of hydrogen-bond acceptors (Lipinski definition) is 3. The van der Waals surface area contributed by atoms with Gasteiger partial charge in [-0.2, -0.15) is 5.26 Å². The second kappa shape index (κ2) is 5.50. The maximum absolute atomic E-state index is 8.67. The lowest BCUT2D eigenvalue weighted by Gasteiger charge is -2.18. The molecular weight excluding hydrogens is 186 g/mol. The van der Waals surface area contributed by atoms with Crippen LogP contribution in [-0.2, 0) is 0 Å². The Hall–Kier alpha value is -1.37. The second-order valence-electron chi connectivity index (χ2n) is 3.76. The van der Waals surface area contributed by atoms with Crippen molar-refractivity contribution in [2.75, 3.05) is 6.54 Å². The highest BCUT2D eigenvalue weighted by atomic mass is 15.0. The average molecular weight is 203 g/mol. The van der Waals surface area contributed by atoms with Crippen LogP contribution in [0.4, 0.5) is 0 Å². The van der Waals surface area contributed by atoms with Gasteiger partial charge in [0.05, 0.1) is 11.6 Å². The Morgan fingerprint density at radius 3 is 2.40 bits per heavy atom. The van der Waals surface area contributed by atoms with Crippen LogP contribution < -0.4 is 11.1 Å². The summed E-state index contributed by atoms with van der Waals surface area (Å²) < 4.78 is 0. The molecule has 1 rings (SSSR count). The summed E-state index contributed by atoms with van der Waals surface area (Å²) in [5.74, 6) is 0. The highest BCUT2D eigenvalue weighted by molar-refractivity contribution is 5.32. The van der Waals surface area contributed by atoms with Gasteiger partial charge in [-0.3, -0.25) is 0 Å². The summed E-state index contributed by atoms with van der Waals surface area (Å²) in [5.41, 5.74) is 7.41. The van der Waals surface area contributed by atoms with Crippen LogP contribution in [-0.4, -0.2) is 12.6 Å². The minimum atomic E-state index is 0.260. The molecule has 1 aromatic carbocycles. The first-order valence-corrected chi connectivity index (χ1v) is 5.13. The molecule has 0 aliphatic rings. The van der Waals surface area contributed by atoms with Gasteiger partial charge in [-0.05, 0) is 31.5 Å². The van der Waals surface area contributed by atoms with E-state index in [2.05, 4.69) is 25.2 Å². The van der Waals surface area contributed by atoms with Crippen molar-refractivity contribution in [3.63, 3.8) is 0 Å². The SMILES string of the molecule is CC(CN)NC(C)c1ccc(C#N)cc1. The molecule has 3 nitrogen and oxygen atoms in total. The monoisotopic (exact) mass is 203 g/mol. The third kappa shape index (κ3) is 3.35. The van der Waals surface area contributed by atoms with Crippen LogP contribution in [0.3, 0.4) is 0 Å². The standard InChI is InChI=1S/C12H17N3/c1-9(7-13)15-10(2)12-5-3-11(8-14)4-6-12/h3-6,9-10,15H,7,13H2,1-2H3. The minimum Gasteiger partial charge on any atom is -0.329 e. The van der Waals surface area contributed by atoms with Crippen molar-refractivity contribution >= 4 is 0 Å². The van der Waals surface area contributed by atoms with Crippen molar-refractivity contribution in [2.24, 2.45) is 5.73 Å². The van der Waals surface area contributed by atoms with Crippen LogP contribution in [0.1, 0.15) is 31.0 Å². The molecule has 0 saturated heterocycles. The summed E-state index contributed by atoms with van der Waals surface area (Å²) >= 11 is 0. The number of hydrogen-bond donors (Lipinski definition) is 2. The third-order valence-corrected chi connectivity index (χ3v) is 2.43. The number of nitrogens with two attached hydrogens (primary N) is 1. The number of benzene rings is 1. The Balaban J connectivity index is 2.66. The molecule has 3 N–H and O–H groups in total. The van der Waals surface area contributed by atoms with E-state index in [0.29, 0.717) is 18.2 Å². The van der Waals surface area contributed by atoms with E-state index < -0.39 is 0 Å². The molecule has 0 aliphatic carbocycles. The molecule has 0 radical (unpaired) electrons. The van der Waals surface area contributed by atoms with Crippen molar-refractivity contribution in [2.45, 2.75) is 25.9 Å². The molecule has 1 aromatic rings. The van der Waals surface area contributed by atoms with Gasteiger partial charge in [-0.15, -0.1) is 0 Å². The zero-order valence-corrected chi connectivity index (χ0v) is 9.20. The van der Waals surface area contributed by atoms with Crippen LogP contribution in [0.25, 0.3) is 0 Å². The molecular formula is C12H17N3. The predicted octanol–water partition coefficient (Wildman–Crippen LogP) is 1.56. The van der Waals surface area contributed by atoms with Gasteiger partial charge < -0.3 is 11.1 Å². The summed E-state index contributed by atoms with van der Waals surface area (Å²) in [5, 5.41) is 12.0. The van der Waals surface area contributed by atoms with E-state index in [9.17, 15) is 0 Å². The van der Waals surface area contributed by atoms with Crippen LogP contribution in [0, 0.1) is 11.3 Å². The quantitative estimate of drug-likeness (QED) is 0.780. The summed E-state index contributed by atoms with van der Waals surface area (Å²) in [6.45, 7) is 4.77. The maximum atomic E-state index is 8.67. The summed E-state index contributed by atoms with van der Waals surface area (Å²) in [6, 6.07) is 10.3. The van der Waals surface area contributed by atoms with E-state index in [0.717, 1.165) is 0 Å². The molecule has 0 bridgehead atoms. The average Bonchev–Trinajstić information content (AvgIpc) is 2.29. The molecule has 0 spiro atoms. The zero-order valence-electron chi connectivity index (χ0n) is 9.20. The van der Waals surface area contributed by atoms with E-state index in [1.807, 2.05) is 24.3 Å². The Kier molecular flexibility index (Phi) is 4.29. The smallest absolute Gasteiger partial charge is 0.0991 e. The Morgan fingerprint density at radius 2 is 1.93 bits per heavy atom. The van der Waals surface area contributed by atoms with Crippen molar-refractivity contribution in [1.29, 1.82) is 5.26 Å². The lowest BCUT2D eigenvalue weighted by atomic mass is 10.1. The lowest BCUT2D eigenvalue weighted by molar-refractivity contribution is 0.485. The van der Waals surface area contributed by atoms with E-state index in [-0.39, 0.29) is 6.04 Å². The molecule has 15 heavy (non-hydrogen) atoms. The number of nitrogens with zero attached hydrogens (tertiary/aromatic N) is 1. The Bertz CT molecular complexity index is 337. The van der Waals surface area contributed by atoms with E-state index in [1.165, 1.54) is 5.56 Å². The zero-order chi connectivity index (χ0) is 11.3. The van der Waals surface area contributed by atoms with Crippen LogP contribution in [0.5, 0.6) is 0 Å². The molecule has 0 saturated carbocycles. The van der Waals surface area contributed by atoms with Gasteiger partial charge in [0.25, 0.3) is 0 Å². The topological polar surface area (TPSA) is 61.8 Å². The second-order valence-corrected chi connectivity index (χ2v) is 3.76. The summed E-state index contributed by atoms with van der Waals surface area (Å²) in [7, 11) is 0. The van der Waals surface area contributed by atoms with Crippen LogP contribution >= 0.6 is 0 Å². The van der Waals surface area contributed by atoms with Gasteiger partial charge in [-0.25, -0.2) is 0 Å².